The molecule has 78 valence electrons. The zero-order chi connectivity index (χ0) is 10.6. The van der Waals surface area contributed by atoms with Crippen LogP contribution in [-0.2, 0) is 0 Å². The summed E-state index contributed by atoms with van der Waals surface area (Å²) in [6.07, 6.45) is -0.384. The molecular weight excluding hydrogens is 185 g/mol. The van der Waals surface area contributed by atoms with Crippen molar-refractivity contribution >= 4 is 0 Å². The SMILES string of the molecule is COc1ccc(F)cc1[C@H](O)CCN. The van der Waals surface area contributed by atoms with Crippen molar-refractivity contribution in [3.8, 4) is 5.75 Å². The lowest BCUT2D eigenvalue weighted by atomic mass is 10.1. The molecule has 0 aliphatic rings. The maximum absolute atomic E-state index is 12.9. The van der Waals surface area contributed by atoms with Gasteiger partial charge in [-0.2, -0.15) is 0 Å². The first-order chi connectivity index (χ1) is 6.69. The number of aliphatic hydroxyl groups is 1. The number of rotatable bonds is 4. The van der Waals surface area contributed by atoms with Crippen LogP contribution in [0.25, 0.3) is 0 Å². The van der Waals surface area contributed by atoms with Crippen molar-refractivity contribution in [2.45, 2.75) is 12.5 Å². The summed E-state index contributed by atoms with van der Waals surface area (Å²) in [6, 6.07) is 4.04. The van der Waals surface area contributed by atoms with E-state index in [2.05, 4.69) is 0 Å². The lowest BCUT2D eigenvalue weighted by Crippen LogP contribution is -2.08. The van der Waals surface area contributed by atoms with E-state index >= 15 is 0 Å². The van der Waals surface area contributed by atoms with Crippen molar-refractivity contribution in [2.75, 3.05) is 13.7 Å². The molecule has 3 N–H and O–H groups in total. The van der Waals surface area contributed by atoms with Crippen molar-refractivity contribution in [1.29, 1.82) is 0 Å². The zero-order valence-corrected chi connectivity index (χ0v) is 8.03. The van der Waals surface area contributed by atoms with E-state index in [0.717, 1.165) is 0 Å². The molecule has 4 heteroatoms. The van der Waals surface area contributed by atoms with Gasteiger partial charge in [-0.15, -0.1) is 0 Å². The largest absolute Gasteiger partial charge is 0.496 e. The van der Waals surface area contributed by atoms with Gasteiger partial charge in [-0.05, 0) is 31.2 Å². The molecule has 14 heavy (non-hydrogen) atoms. The van der Waals surface area contributed by atoms with Gasteiger partial charge in [-0.3, -0.25) is 0 Å². The Morgan fingerprint density at radius 3 is 2.86 bits per heavy atom. The van der Waals surface area contributed by atoms with Crippen LogP contribution in [0.3, 0.4) is 0 Å². The predicted molar refractivity (Wildman–Crippen MR) is 51.6 cm³/mol. The first-order valence-corrected chi connectivity index (χ1v) is 4.40. The molecule has 3 nitrogen and oxygen atoms in total. The topological polar surface area (TPSA) is 55.5 Å². The molecule has 0 aromatic heterocycles. The molecule has 0 unspecified atom stereocenters. The third-order valence-electron chi connectivity index (χ3n) is 1.99. The highest BCUT2D eigenvalue weighted by atomic mass is 19.1. The predicted octanol–water partition coefficient (Wildman–Crippen LogP) is 1.22. The van der Waals surface area contributed by atoms with Crippen LogP contribution in [0.1, 0.15) is 18.1 Å². The standard InChI is InChI=1S/C10H14FNO2/c1-14-10-3-2-7(11)6-8(10)9(13)4-5-12/h2-3,6,9,13H,4-5,12H2,1H3/t9-/m1/s1. The normalized spacial score (nSPS) is 12.6. The number of halogens is 1. The van der Waals surface area contributed by atoms with Crippen molar-refractivity contribution in [3.05, 3.63) is 29.6 Å². The highest BCUT2D eigenvalue weighted by molar-refractivity contribution is 5.35. The van der Waals surface area contributed by atoms with Crippen molar-refractivity contribution in [2.24, 2.45) is 5.73 Å². The van der Waals surface area contributed by atoms with E-state index in [9.17, 15) is 9.50 Å². The van der Waals surface area contributed by atoms with Gasteiger partial charge in [0.15, 0.2) is 0 Å². The van der Waals surface area contributed by atoms with E-state index in [1.54, 1.807) is 0 Å². The lowest BCUT2D eigenvalue weighted by Gasteiger charge is -2.13. The quantitative estimate of drug-likeness (QED) is 0.766. The van der Waals surface area contributed by atoms with E-state index in [1.807, 2.05) is 0 Å². The molecule has 0 aliphatic carbocycles. The van der Waals surface area contributed by atoms with Crippen LogP contribution in [0.15, 0.2) is 18.2 Å². The zero-order valence-electron chi connectivity index (χ0n) is 8.03. The van der Waals surface area contributed by atoms with Crippen LogP contribution in [0.4, 0.5) is 4.39 Å². The summed E-state index contributed by atoms with van der Waals surface area (Å²) in [6.45, 7) is 0.348. The molecule has 0 amide bonds. The van der Waals surface area contributed by atoms with Gasteiger partial charge in [0.05, 0.1) is 13.2 Å². The van der Waals surface area contributed by atoms with Crippen LogP contribution in [-0.4, -0.2) is 18.8 Å². The van der Waals surface area contributed by atoms with Crippen molar-refractivity contribution in [3.63, 3.8) is 0 Å². The van der Waals surface area contributed by atoms with Gasteiger partial charge in [0.1, 0.15) is 11.6 Å². The Balaban J connectivity index is 2.97. The average molecular weight is 199 g/mol. The Labute approximate surface area is 82.3 Å². The average Bonchev–Trinajstić information content (AvgIpc) is 2.18. The molecule has 0 saturated carbocycles. The smallest absolute Gasteiger partial charge is 0.124 e. The molecule has 1 atom stereocenters. The Bertz CT molecular complexity index is 304. The summed E-state index contributed by atoms with van der Waals surface area (Å²) in [5.74, 6) is 0.0872. The number of nitrogens with two attached hydrogens (primary N) is 1. The number of hydrogen-bond donors (Lipinski definition) is 2. The van der Waals surface area contributed by atoms with Gasteiger partial charge in [0.2, 0.25) is 0 Å². The van der Waals surface area contributed by atoms with E-state index in [4.69, 9.17) is 10.5 Å². The monoisotopic (exact) mass is 199 g/mol. The maximum Gasteiger partial charge on any atom is 0.124 e. The Hall–Kier alpha value is -1.13. The van der Waals surface area contributed by atoms with Gasteiger partial charge in [0, 0.05) is 5.56 Å². The van der Waals surface area contributed by atoms with Gasteiger partial charge >= 0.3 is 0 Å². The minimum atomic E-state index is -0.773. The number of methoxy groups -OCH3 is 1. The third-order valence-corrected chi connectivity index (χ3v) is 1.99. The van der Waals surface area contributed by atoms with Gasteiger partial charge in [-0.25, -0.2) is 4.39 Å². The molecule has 0 radical (unpaired) electrons. The molecular formula is C10H14FNO2. The molecule has 0 heterocycles. The summed E-state index contributed by atoms with van der Waals surface area (Å²) >= 11 is 0. The van der Waals surface area contributed by atoms with E-state index in [1.165, 1.54) is 25.3 Å². The van der Waals surface area contributed by atoms with Crippen LogP contribution >= 0.6 is 0 Å². The fourth-order valence-corrected chi connectivity index (χ4v) is 1.28. The summed E-state index contributed by atoms with van der Waals surface area (Å²) in [7, 11) is 1.48. The molecule has 1 rings (SSSR count). The minimum absolute atomic E-state index is 0.348. The molecule has 1 aromatic rings. The maximum atomic E-state index is 12.9. The van der Waals surface area contributed by atoms with Crippen LogP contribution < -0.4 is 10.5 Å². The van der Waals surface area contributed by atoms with Crippen LogP contribution in [0.5, 0.6) is 5.75 Å². The van der Waals surface area contributed by atoms with Crippen LogP contribution in [0.2, 0.25) is 0 Å². The number of ether oxygens (including phenoxy) is 1. The first kappa shape index (κ1) is 10.9. The van der Waals surface area contributed by atoms with E-state index in [0.29, 0.717) is 24.3 Å². The Morgan fingerprint density at radius 2 is 2.29 bits per heavy atom. The Morgan fingerprint density at radius 1 is 1.57 bits per heavy atom. The summed E-state index contributed by atoms with van der Waals surface area (Å²) in [5.41, 5.74) is 5.74. The molecule has 0 saturated heterocycles. The van der Waals surface area contributed by atoms with Gasteiger partial charge in [0.25, 0.3) is 0 Å². The van der Waals surface area contributed by atoms with Gasteiger partial charge in [-0.1, -0.05) is 0 Å². The number of hydrogen-bond acceptors (Lipinski definition) is 3. The molecule has 1 aromatic carbocycles. The third kappa shape index (κ3) is 2.43. The summed E-state index contributed by atoms with van der Waals surface area (Å²) < 4.78 is 17.9. The van der Waals surface area contributed by atoms with Gasteiger partial charge < -0.3 is 15.6 Å². The number of aliphatic hydroxyl groups excluding tert-OH is 1. The molecule has 0 bridgehead atoms. The highest BCUT2D eigenvalue weighted by Gasteiger charge is 2.13. The fraction of sp³-hybridized carbons (Fsp3) is 0.400. The molecule has 0 spiro atoms. The van der Waals surface area contributed by atoms with Crippen molar-refractivity contribution in [1.82, 2.24) is 0 Å². The second-order valence-corrected chi connectivity index (χ2v) is 2.98. The highest BCUT2D eigenvalue weighted by Crippen LogP contribution is 2.27. The summed E-state index contributed by atoms with van der Waals surface area (Å²) in [5, 5.41) is 9.63. The fourth-order valence-electron chi connectivity index (χ4n) is 1.28. The Kier molecular flexibility index (Phi) is 3.85. The number of benzene rings is 1. The van der Waals surface area contributed by atoms with E-state index in [-0.39, 0.29) is 0 Å². The minimum Gasteiger partial charge on any atom is -0.496 e. The summed E-state index contributed by atoms with van der Waals surface area (Å²) in [4.78, 5) is 0. The molecule has 0 aliphatic heterocycles. The molecule has 0 fully saturated rings. The van der Waals surface area contributed by atoms with Crippen LogP contribution in [0, 0.1) is 5.82 Å². The second-order valence-electron chi connectivity index (χ2n) is 2.98. The van der Waals surface area contributed by atoms with E-state index < -0.39 is 11.9 Å². The lowest BCUT2D eigenvalue weighted by molar-refractivity contribution is 0.165. The second kappa shape index (κ2) is 4.93. The first-order valence-electron chi connectivity index (χ1n) is 4.40. The van der Waals surface area contributed by atoms with Crippen molar-refractivity contribution < 1.29 is 14.2 Å².